The number of halogens is 1. The van der Waals surface area contributed by atoms with E-state index in [0.717, 1.165) is 0 Å². The largest absolute Gasteiger partial charge is 0.497 e. The number of hydrogen-bond acceptors (Lipinski definition) is 2. The molecule has 0 amide bonds. The van der Waals surface area contributed by atoms with Gasteiger partial charge < -0.3 is 9.84 Å². The third kappa shape index (κ3) is 3.78. The fourth-order valence-corrected chi connectivity index (χ4v) is 0.734. The average Bonchev–Trinajstić information content (AvgIpc) is 2.21. The summed E-state index contributed by atoms with van der Waals surface area (Å²) >= 11 is 3.39. The van der Waals surface area contributed by atoms with E-state index in [4.69, 9.17) is 14.5 Å². The van der Waals surface area contributed by atoms with Crippen LogP contribution in [0.15, 0.2) is 24.3 Å². The number of carboxylic acid groups (broad SMARTS) is 1. The fraction of sp³-hybridized carbons (Fsp3) is 0.125. The highest BCUT2D eigenvalue weighted by Crippen LogP contribution is 2.10. The number of ether oxygens (including phenoxy) is 1. The first kappa shape index (κ1) is 11.7. The summed E-state index contributed by atoms with van der Waals surface area (Å²) in [5.41, 5.74) is 0.269. The van der Waals surface area contributed by atoms with Crippen molar-refractivity contribution in [2.45, 2.75) is 0 Å². The van der Waals surface area contributed by atoms with Gasteiger partial charge in [0.2, 0.25) is 0 Å². The van der Waals surface area contributed by atoms with Crippen LogP contribution in [0.3, 0.4) is 0 Å². The molecular formula is C8H8ClO4. The van der Waals surface area contributed by atoms with Crippen molar-refractivity contribution in [3.63, 3.8) is 0 Å². The lowest BCUT2D eigenvalue weighted by atomic mass is 10.2. The quantitative estimate of drug-likeness (QED) is 0.799. The minimum absolute atomic E-state index is 0.269. The Bertz CT molecular complexity index is 257. The molecule has 1 aromatic carbocycles. The number of methoxy groups -OCH3 is 1. The minimum Gasteiger partial charge on any atom is -0.497 e. The van der Waals surface area contributed by atoms with Crippen molar-refractivity contribution in [3.8, 4) is 5.75 Å². The van der Waals surface area contributed by atoms with Crippen LogP contribution in [0.2, 0.25) is 0 Å². The third-order valence-electron chi connectivity index (χ3n) is 1.34. The Morgan fingerprint density at radius 2 is 1.77 bits per heavy atom. The topological polar surface area (TPSA) is 66.4 Å². The normalized spacial score (nSPS) is 8.23. The second kappa shape index (κ2) is 6.28. The number of aromatic carboxylic acids is 1. The van der Waals surface area contributed by atoms with Crippen LogP contribution in [-0.2, 0) is 4.66 Å². The molecule has 0 fully saturated rings. The monoisotopic (exact) mass is 203 g/mol. The van der Waals surface area contributed by atoms with Gasteiger partial charge in [-0.3, -0.25) is 0 Å². The third-order valence-corrected chi connectivity index (χ3v) is 1.34. The van der Waals surface area contributed by atoms with Crippen molar-refractivity contribution in [1.29, 1.82) is 0 Å². The van der Waals surface area contributed by atoms with Crippen LogP contribution in [0, 0.1) is 0 Å². The van der Waals surface area contributed by atoms with Crippen LogP contribution in [-0.4, -0.2) is 18.2 Å². The minimum atomic E-state index is -0.923. The van der Waals surface area contributed by atoms with Gasteiger partial charge in [-0.05, 0) is 24.3 Å². The first-order valence-corrected chi connectivity index (χ1v) is 3.57. The zero-order valence-electron chi connectivity index (χ0n) is 6.86. The van der Waals surface area contributed by atoms with Gasteiger partial charge in [0, 0.05) is 0 Å². The van der Waals surface area contributed by atoms with Crippen molar-refractivity contribution in [1.82, 2.24) is 0 Å². The SMILES string of the molecule is COc1ccc(C(=O)O)cc1.[O]Cl. The summed E-state index contributed by atoms with van der Waals surface area (Å²) in [6.07, 6.45) is 0. The first-order valence-electron chi connectivity index (χ1n) is 3.27. The molecule has 1 aromatic rings. The molecule has 0 aromatic heterocycles. The van der Waals surface area contributed by atoms with E-state index in [2.05, 4.69) is 11.9 Å². The summed E-state index contributed by atoms with van der Waals surface area (Å²) in [5.74, 6) is -0.261. The second-order valence-corrected chi connectivity index (χ2v) is 2.03. The summed E-state index contributed by atoms with van der Waals surface area (Å²) < 4.78 is 12.6. The van der Waals surface area contributed by atoms with E-state index < -0.39 is 5.97 Å². The Morgan fingerprint density at radius 1 is 1.31 bits per heavy atom. The smallest absolute Gasteiger partial charge is 0.335 e. The van der Waals surface area contributed by atoms with Crippen molar-refractivity contribution in [3.05, 3.63) is 29.8 Å². The Morgan fingerprint density at radius 3 is 2.08 bits per heavy atom. The lowest BCUT2D eigenvalue weighted by molar-refractivity contribution is 0.0697. The molecule has 13 heavy (non-hydrogen) atoms. The van der Waals surface area contributed by atoms with Crippen molar-refractivity contribution in [2.75, 3.05) is 7.11 Å². The lowest BCUT2D eigenvalue weighted by Gasteiger charge is -1.98. The van der Waals surface area contributed by atoms with Gasteiger partial charge in [-0.25, -0.2) is 4.79 Å². The van der Waals surface area contributed by atoms with Crippen LogP contribution < -0.4 is 4.74 Å². The van der Waals surface area contributed by atoms with Crippen LogP contribution in [0.25, 0.3) is 0 Å². The fourth-order valence-electron chi connectivity index (χ4n) is 0.734. The summed E-state index contributed by atoms with van der Waals surface area (Å²) in [4.78, 5) is 10.4. The first-order chi connectivity index (χ1) is 6.24. The van der Waals surface area contributed by atoms with E-state index in [-0.39, 0.29) is 5.56 Å². The molecule has 0 aliphatic heterocycles. The highest BCUT2D eigenvalue weighted by atomic mass is 35.5. The van der Waals surface area contributed by atoms with Crippen LogP contribution in [0.5, 0.6) is 5.75 Å². The zero-order valence-corrected chi connectivity index (χ0v) is 7.62. The molecule has 0 aliphatic rings. The predicted molar refractivity (Wildman–Crippen MR) is 46.5 cm³/mol. The molecule has 1 radical (unpaired) electrons. The molecule has 0 heterocycles. The molecule has 0 saturated heterocycles. The Balaban J connectivity index is 0.000000671. The van der Waals surface area contributed by atoms with Crippen LogP contribution in [0.4, 0.5) is 0 Å². The molecule has 4 nitrogen and oxygen atoms in total. The van der Waals surface area contributed by atoms with E-state index >= 15 is 0 Å². The molecular weight excluding hydrogens is 196 g/mol. The predicted octanol–water partition coefficient (Wildman–Crippen LogP) is 1.96. The molecule has 0 bridgehead atoms. The number of carboxylic acids is 1. The van der Waals surface area contributed by atoms with Crippen molar-refractivity contribution < 1.29 is 19.3 Å². The van der Waals surface area contributed by atoms with Gasteiger partial charge in [0.1, 0.15) is 17.6 Å². The van der Waals surface area contributed by atoms with Gasteiger partial charge in [-0.15, -0.1) is 4.66 Å². The molecule has 0 spiro atoms. The van der Waals surface area contributed by atoms with Gasteiger partial charge in [0.25, 0.3) is 0 Å². The molecule has 1 rings (SSSR count). The summed E-state index contributed by atoms with van der Waals surface area (Å²) in [5, 5.41) is 8.51. The molecule has 0 atom stereocenters. The average molecular weight is 204 g/mol. The van der Waals surface area contributed by atoms with Gasteiger partial charge >= 0.3 is 5.97 Å². The standard InChI is InChI=1S/C8H8O3.ClO/c1-11-7-4-2-6(3-5-7)8(9)10;1-2/h2-5H,1H3,(H,9,10);. The molecule has 71 valence electrons. The van der Waals surface area contributed by atoms with E-state index in [1.165, 1.54) is 19.2 Å². The number of carbonyl (C=O) groups is 1. The second-order valence-electron chi connectivity index (χ2n) is 2.03. The van der Waals surface area contributed by atoms with Gasteiger partial charge in [0.15, 0.2) is 0 Å². The van der Waals surface area contributed by atoms with Gasteiger partial charge in [-0.2, -0.15) is 0 Å². The van der Waals surface area contributed by atoms with Crippen LogP contribution in [0.1, 0.15) is 10.4 Å². The maximum Gasteiger partial charge on any atom is 0.335 e. The Kier molecular flexibility index (Phi) is 5.67. The highest BCUT2D eigenvalue weighted by molar-refractivity contribution is 6.04. The van der Waals surface area contributed by atoms with Crippen molar-refractivity contribution >= 4 is 17.8 Å². The van der Waals surface area contributed by atoms with E-state index in [1.807, 2.05) is 0 Å². The Labute approximate surface area is 80.5 Å². The highest BCUT2D eigenvalue weighted by Gasteiger charge is 2.00. The maximum absolute atomic E-state index is 10.4. The molecule has 5 heteroatoms. The zero-order chi connectivity index (χ0) is 10.3. The maximum atomic E-state index is 10.4. The Hall–Kier alpha value is -1.26. The molecule has 0 unspecified atom stereocenters. The molecule has 1 N–H and O–H groups in total. The van der Waals surface area contributed by atoms with Crippen molar-refractivity contribution in [2.24, 2.45) is 0 Å². The summed E-state index contributed by atoms with van der Waals surface area (Å²) in [6.45, 7) is 0. The van der Waals surface area contributed by atoms with Crippen LogP contribution >= 0.6 is 11.9 Å². The van der Waals surface area contributed by atoms with Gasteiger partial charge in [-0.1, -0.05) is 0 Å². The van der Waals surface area contributed by atoms with E-state index in [9.17, 15) is 4.79 Å². The molecule has 0 aliphatic carbocycles. The van der Waals surface area contributed by atoms with E-state index in [1.54, 1.807) is 12.1 Å². The van der Waals surface area contributed by atoms with E-state index in [0.29, 0.717) is 5.75 Å². The lowest BCUT2D eigenvalue weighted by Crippen LogP contribution is -1.95. The number of hydrogen-bond donors (Lipinski definition) is 1. The summed E-state index contributed by atoms with van der Waals surface area (Å²) in [7, 11) is 1.54. The molecule has 0 saturated carbocycles. The number of rotatable bonds is 2. The number of benzene rings is 1. The van der Waals surface area contributed by atoms with Gasteiger partial charge in [0.05, 0.1) is 12.7 Å². The summed E-state index contributed by atoms with van der Waals surface area (Å²) in [6, 6.07) is 6.23.